The molecule has 6 nitrogen and oxygen atoms in total. The first-order chi connectivity index (χ1) is 12.1. The van der Waals surface area contributed by atoms with Gasteiger partial charge in [0.25, 0.3) is 5.91 Å². The van der Waals surface area contributed by atoms with Crippen LogP contribution in [0.4, 0.5) is 0 Å². The molecule has 1 amide bonds. The number of hydrogen-bond acceptors (Lipinski definition) is 5. The zero-order valence-electron chi connectivity index (χ0n) is 14.0. The monoisotopic (exact) mass is 340 g/mol. The van der Waals surface area contributed by atoms with Gasteiger partial charge in [-0.05, 0) is 36.6 Å². The summed E-state index contributed by atoms with van der Waals surface area (Å²) in [7, 11) is 0. The second-order valence-electron chi connectivity index (χ2n) is 6.25. The van der Waals surface area contributed by atoms with Gasteiger partial charge in [0.1, 0.15) is 24.2 Å². The van der Waals surface area contributed by atoms with E-state index in [0.29, 0.717) is 30.2 Å². The predicted molar refractivity (Wildman–Crippen MR) is 89.9 cm³/mol. The molecule has 1 saturated heterocycles. The van der Waals surface area contributed by atoms with Crippen LogP contribution in [0, 0.1) is 17.2 Å². The van der Waals surface area contributed by atoms with Crippen LogP contribution in [-0.4, -0.2) is 35.1 Å². The Bertz CT molecular complexity index is 793. The van der Waals surface area contributed by atoms with Gasteiger partial charge in [-0.15, -0.1) is 0 Å². The van der Waals surface area contributed by atoms with Gasteiger partial charge in [0.15, 0.2) is 5.76 Å². The van der Waals surface area contributed by atoms with Crippen LogP contribution in [0.25, 0.3) is 0 Å². The SMILES string of the molecule is CC1CCN(C(=O)c2ccc(COc3ccccc3C#N)o2)CC1O. The number of aliphatic hydroxyl groups excluding tert-OH is 1. The molecule has 2 aromatic rings. The van der Waals surface area contributed by atoms with Crippen LogP contribution < -0.4 is 4.74 Å². The van der Waals surface area contributed by atoms with Crippen molar-refractivity contribution in [3.05, 3.63) is 53.5 Å². The van der Waals surface area contributed by atoms with Crippen molar-refractivity contribution >= 4 is 5.91 Å². The second kappa shape index (κ2) is 7.41. The van der Waals surface area contributed by atoms with Gasteiger partial charge in [-0.25, -0.2) is 0 Å². The molecule has 1 N–H and O–H groups in total. The van der Waals surface area contributed by atoms with Crippen molar-refractivity contribution in [1.29, 1.82) is 5.26 Å². The number of ether oxygens (including phenoxy) is 1. The summed E-state index contributed by atoms with van der Waals surface area (Å²) in [5.41, 5.74) is 0.446. The first-order valence-corrected chi connectivity index (χ1v) is 8.26. The fourth-order valence-electron chi connectivity index (χ4n) is 2.79. The van der Waals surface area contributed by atoms with E-state index in [9.17, 15) is 9.90 Å². The Kier molecular flexibility index (Phi) is 5.05. The van der Waals surface area contributed by atoms with E-state index in [2.05, 4.69) is 6.07 Å². The first-order valence-electron chi connectivity index (χ1n) is 8.26. The fourth-order valence-corrected chi connectivity index (χ4v) is 2.79. The minimum atomic E-state index is -0.502. The number of aliphatic hydroxyl groups is 1. The van der Waals surface area contributed by atoms with E-state index in [0.717, 1.165) is 6.42 Å². The largest absolute Gasteiger partial charge is 0.484 e. The molecule has 130 valence electrons. The summed E-state index contributed by atoms with van der Waals surface area (Å²) in [5.74, 6) is 1.18. The molecule has 1 fully saturated rings. The molecule has 2 heterocycles. The van der Waals surface area contributed by atoms with Gasteiger partial charge >= 0.3 is 0 Å². The minimum Gasteiger partial charge on any atom is -0.484 e. The number of benzene rings is 1. The number of para-hydroxylation sites is 1. The number of rotatable bonds is 4. The van der Waals surface area contributed by atoms with Gasteiger partial charge in [0.05, 0.1) is 11.7 Å². The molecule has 1 aromatic heterocycles. The van der Waals surface area contributed by atoms with Crippen LogP contribution in [0.15, 0.2) is 40.8 Å². The van der Waals surface area contributed by atoms with Crippen LogP contribution in [0.1, 0.15) is 35.2 Å². The number of nitriles is 1. The van der Waals surface area contributed by atoms with E-state index in [1.807, 2.05) is 6.92 Å². The third kappa shape index (κ3) is 3.83. The van der Waals surface area contributed by atoms with Crippen molar-refractivity contribution in [3.63, 3.8) is 0 Å². The summed E-state index contributed by atoms with van der Waals surface area (Å²) in [4.78, 5) is 14.1. The zero-order chi connectivity index (χ0) is 17.8. The number of carbonyl (C=O) groups excluding carboxylic acids is 1. The van der Waals surface area contributed by atoms with Crippen molar-refractivity contribution in [3.8, 4) is 11.8 Å². The summed E-state index contributed by atoms with van der Waals surface area (Å²) < 4.78 is 11.2. The Morgan fingerprint density at radius 2 is 2.20 bits per heavy atom. The van der Waals surface area contributed by atoms with E-state index < -0.39 is 6.10 Å². The average Bonchev–Trinajstić information content (AvgIpc) is 3.11. The Labute approximate surface area is 146 Å². The zero-order valence-corrected chi connectivity index (χ0v) is 14.0. The first kappa shape index (κ1) is 17.1. The Morgan fingerprint density at radius 1 is 1.40 bits per heavy atom. The van der Waals surface area contributed by atoms with E-state index in [1.165, 1.54) is 0 Å². The highest BCUT2D eigenvalue weighted by Gasteiger charge is 2.29. The highest BCUT2D eigenvalue weighted by molar-refractivity contribution is 5.91. The van der Waals surface area contributed by atoms with Crippen LogP contribution in [0.3, 0.4) is 0 Å². The maximum Gasteiger partial charge on any atom is 0.289 e. The maximum absolute atomic E-state index is 12.5. The summed E-state index contributed by atoms with van der Waals surface area (Å²) in [6.45, 7) is 3.04. The number of nitrogens with zero attached hydrogens (tertiary/aromatic N) is 2. The average molecular weight is 340 g/mol. The molecule has 1 aromatic carbocycles. The van der Waals surface area contributed by atoms with Crippen LogP contribution in [-0.2, 0) is 6.61 Å². The van der Waals surface area contributed by atoms with Gasteiger partial charge in [-0.3, -0.25) is 4.79 Å². The van der Waals surface area contributed by atoms with Crippen molar-refractivity contribution in [2.45, 2.75) is 26.1 Å². The molecule has 25 heavy (non-hydrogen) atoms. The summed E-state index contributed by atoms with van der Waals surface area (Å²) in [6.07, 6.45) is 0.270. The van der Waals surface area contributed by atoms with E-state index in [-0.39, 0.29) is 24.2 Å². The highest BCUT2D eigenvalue weighted by Crippen LogP contribution is 2.21. The summed E-state index contributed by atoms with van der Waals surface area (Å²) >= 11 is 0. The Balaban J connectivity index is 1.62. The second-order valence-corrected chi connectivity index (χ2v) is 6.25. The van der Waals surface area contributed by atoms with E-state index in [4.69, 9.17) is 14.4 Å². The van der Waals surface area contributed by atoms with Crippen LogP contribution >= 0.6 is 0 Å². The van der Waals surface area contributed by atoms with Gasteiger partial charge in [0.2, 0.25) is 0 Å². The standard InChI is InChI=1S/C19H20N2O4/c1-13-8-9-21(11-16(13)22)19(23)18-7-6-15(25-18)12-24-17-5-3-2-4-14(17)10-20/h2-7,13,16,22H,8-9,11-12H2,1H3. The number of furan rings is 1. The molecule has 1 aliphatic rings. The fraction of sp³-hybridized carbons (Fsp3) is 0.368. The topological polar surface area (TPSA) is 86.7 Å². The van der Waals surface area contributed by atoms with Gasteiger partial charge in [0, 0.05) is 13.1 Å². The molecule has 2 unspecified atom stereocenters. The van der Waals surface area contributed by atoms with E-state index in [1.54, 1.807) is 41.3 Å². The number of β-amino-alcohol motifs (C(OH)–C–C–N with tert-alkyl or cyclic N) is 1. The van der Waals surface area contributed by atoms with Crippen molar-refractivity contribution < 1.29 is 19.1 Å². The summed E-state index contributed by atoms with van der Waals surface area (Å²) in [5, 5.41) is 19.0. The molecule has 0 spiro atoms. The normalized spacial score (nSPS) is 20.1. The number of carbonyl (C=O) groups is 1. The van der Waals surface area contributed by atoms with Crippen molar-refractivity contribution in [2.24, 2.45) is 5.92 Å². The third-order valence-corrected chi connectivity index (χ3v) is 4.46. The maximum atomic E-state index is 12.5. The lowest BCUT2D eigenvalue weighted by molar-refractivity contribution is 0.0229. The number of hydrogen-bond donors (Lipinski definition) is 1. The van der Waals surface area contributed by atoms with Gasteiger partial charge in [-0.1, -0.05) is 19.1 Å². The quantitative estimate of drug-likeness (QED) is 0.924. The molecule has 0 aliphatic carbocycles. The molecule has 1 aliphatic heterocycles. The predicted octanol–water partition coefficient (Wildman–Crippen LogP) is 2.57. The highest BCUT2D eigenvalue weighted by atomic mass is 16.5. The lowest BCUT2D eigenvalue weighted by Crippen LogP contribution is -2.45. The molecule has 0 bridgehead atoms. The van der Waals surface area contributed by atoms with E-state index >= 15 is 0 Å². The minimum absolute atomic E-state index is 0.131. The van der Waals surface area contributed by atoms with Crippen LogP contribution in [0.5, 0.6) is 5.75 Å². The molecule has 6 heteroatoms. The smallest absolute Gasteiger partial charge is 0.289 e. The van der Waals surface area contributed by atoms with Gasteiger partial charge < -0.3 is 19.2 Å². The molecular weight excluding hydrogens is 320 g/mol. The summed E-state index contributed by atoms with van der Waals surface area (Å²) in [6, 6.07) is 12.3. The van der Waals surface area contributed by atoms with Crippen molar-refractivity contribution in [2.75, 3.05) is 13.1 Å². The Morgan fingerprint density at radius 3 is 2.96 bits per heavy atom. The number of likely N-dealkylation sites (tertiary alicyclic amines) is 1. The lowest BCUT2D eigenvalue weighted by Gasteiger charge is -2.33. The number of piperidine rings is 1. The van der Waals surface area contributed by atoms with Crippen LogP contribution in [0.2, 0.25) is 0 Å². The lowest BCUT2D eigenvalue weighted by atomic mass is 9.96. The van der Waals surface area contributed by atoms with Gasteiger partial charge in [-0.2, -0.15) is 5.26 Å². The molecular formula is C19H20N2O4. The third-order valence-electron chi connectivity index (χ3n) is 4.46. The Hall–Kier alpha value is -2.78. The molecule has 0 radical (unpaired) electrons. The molecule has 2 atom stereocenters. The van der Waals surface area contributed by atoms with Crippen molar-refractivity contribution in [1.82, 2.24) is 4.90 Å². The molecule has 3 rings (SSSR count). The number of amides is 1. The molecule has 0 saturated carbocycles.